The molecule has 31 heavy (non-hydrogen) atoms. The second-order valence-corrected chi connectivity index (χ2v) is 8.14. The lowest BCUT2D eigenvalue weighted by Gasteiger charge is -2.35. The summed E-state index contributed by atoms with van der Waals surface area (Å²) in [5.74, 6) is -0.197. The maximum absolute atomic E-state index is 13.6. The molecule has 0 spiro atoms. The highest BCUT2D eigenvalue weighted by atomic mass is 19.4. The monoisotopic (exact) mass is 428 g/mol. The Morgan fingerprint density at radius 2 is 2.00 bits per heavy atom. The molecule has 1 atom stereocenters. The van der Waals surface area contributed by atoms with Crippen LogP contribution in [0.15, 0.2) is 24.3 Å². The second kappa shape index (κ2) is 7.88. The molecule has 2 aromatic rings. The summed E-state index contributed by atoms with van der Waals surface area (Å²) in [4.78, 5) is 21.2. The van der Waals surface area contributed by atoms with Crippen LogP contribution >= 0.6 is 0 Å². The van der Waals surface area contributed by atoms with Gasteiger partial charge in [0.1, 0.15) is 23.5 Å². The largest absolute Gasteiger partial charge is 0.417 e. The van der Waals surface area contributed by atoms with Crippen LogP contribution in [0.1, 0.15) is 47.2 Å². The summed E-state index contributed by atoms with van der Waals surface area (Å²) < 4.78 is 40.7. The van der Waals surface area contributed by atoms with Gasteiger partial charge in [0.25, 0.3) is 0 Å². The van der Waals surface area contributed by atoms with Crippen molar-refractivity contribution in [2.24, 2.45) is 0 Å². The summed E-state index contributed by atoms with van der Waals surface area (Å²) in [6.07, 6.45) is -1.78. The fourth-order valence-electron chi connectivity index (χ4n) is 4.68. The number of benzene rings is 1. The molecule has 0 saturated carbocycles. The molecule has 0 N–H and O–H groups in total. The smallest absolute Gasteiger partial charge is 0.343 e. The van der Waals surface area contributed by atoms with Gasteiger partial charge in [0.05, 0.1) is 5.56 Å². The molecule has 1 aromatic carbocycles. The van der Waals surface area contributed by atoms with Gasteiger partial charge in [0, 0.05) is 24.5 Å². The minimum Gasteiger partial charge on any atom is -0.343 e. The molecule has 4 rings (SSSR count). The van der Waals surface area contributed by atoms with Crippen molar-refractivity contribution in [1.82, 2.24) is 4.98 Å². The third-order valence-electron chi connectivity index (χ3n) is 6.11. The van der Waals surface area contributed by atoms with Crippen LogP contribution in [0.4, 0.5) is 24.7 Å². The standard InChI is InChI=1S/C23H23F3N4O/c1-14-6-3-8-19-16(14)7-4-11-30(19)22(31)20-9-5-10-29(20)21-17(13-27)18(23(24,25)26)12-15(2)28-21/h3,6,8,12,20H,4-5,7,9-11H2,1-2H3/t20-/m0/s1. The van der Waals surface area contributed by atoms with Gasteiger partial charge in [-0.25, -0.2) is 4.98 Å². The van der Waals surface area contributed by atoms with Gasteiger partial charge in [-0.2, -0.15) is 18.4 Å². The lowest BCUT2D eigenvalue weighted by Crippen LogP contribution is -2.48. The van der Waals surface area contributed by atoms with E-state index in [0.717, 1.165) is 35.7 Å². The number of carbonyl (C=O) groups is 1. The van der Waals surface area contributed by atoms with E-state index in [1.807, 2.05) is 25.1 Å². The predicted molar refractivity (Wildman–Crippen MR) is 111 cm³/mol. The number of carbonyl (C=O) groups excluding carboxylic acids is 1. The van der Waals surface area contributed by atoms with E-state index in [1.165, 1.54) is 6.92 Å². The maximum Gasteiger partial charge on any atom is 0.417 e. The second-order valence-electron chi connectivity index (χ2n) is 8.14. The van der Waals surface area contributed by atoms with Crippen molar-refractivity contribution in [3.05, 3.63) is 52.2 Å². The molecule has 0 aliphatic carbocycles. The Balaban J connectivity index is 1.74. The number of nitriles is 1. The zero-order valence-corrected chi connectivity index (χ0v) is 17.5. The summed E-state index contributed by atoms with van der Waals surface area (Å²) in [5.41, 5.74) is 1.77. The minimum absolute atomic E-state index is 0.0489. The molecule has 0 bridgehead atoms. The van der Waals surface area contributed by atoms with E-state index in [0.29, 0.717) is 25.9 Å². The third-order valence-corrected chi connectivity index (χ3v) is 6.11. The number of nitrogens with zero attached hydrogens (tertiary/aromatic N) is 4. The summed E-state index contributed by atoms with van der Waals surface area (Å²) >= 11 is 0. The molecule has 1 aromatic heterocycles. The van der Waals surface area contributed by atoms with Crippen molar-refractivity contribution < 1.29 is 18.0 Å². The van der Waals surface area contributed by atoms with E-state index in [1.54, 1.807) is 15.9 Å². The van der Waals surface area contributed by atoms with Crippen LogP contribution < -0.4 is 9.80 Å². The first kappa shape index (κ1) is 21.2. The molecule has 3 heterocycles. The Kier molecular flexibility index (Phi) is 5.38. The molecule has 2 aliphatic rings. The van der Waals surface area contributed by atoms with Crippen molar-refractivity contribution >= 4 is 17.4 Å². The summed E-state index contributed by atoms with van der Waals surface area (Å²) in [6.45, 7) is 4.44. The highest BCUT2D eigenvalue weighted by Gasteiger charge is 2.41. The van der Waals surface area contributed by atoms with Crippen molar-refractivity contribution in [1.29, 1.82) is 5.26 Å². The summed E-state index contributed by atoms with van der Waals surface area (Å²) in [5, 5.41) is 9.54. The van der Waals surface area contributed by atoms with Crippen LogP contribution in [-0.4, -0.2) is 30.0 Å². The molecule has 0 unspecified atom stereocenters. The Bertz CT molecular complexity index is 1070. The molecule has 1 saturated heterocycles. The molecule has 0 radical (unpaired) electrons. The van der Waals surface area contributed by atoms with Gasteiger partial charge < -0.3 is 9.80 Å². The first-order valence-corrected chi connectivity index (χ1v) is 10.4. The number of aryl methyl sites for hydroxylation is 2. The number of aromatic nitrogens is 1. The van der Waals surface area contributed by atoms with Crippen LogP contribution in [0.3, 0.4) is 0 Å². The zero-order chi connectivity index (χ0) is 22.3. The Morgan fingerprint density at radius 3 is 2.71 bits per heavy atom. The SMILES string of the molecule is Cc1cc(C(F)(F)F)c(C#N)c(N2CCC[C@H]2C(=O)N2CCCc3c(C)cccc32)n1. The van der Waals surface area contributed by atoms with E-state index < -0.39 is 23.3 Å². The number of halogens is 3. The number of anilines is 2. The van der Waals surface area contributed by atoms with Crippen LogP contribution in [-0.2, 0) is 17.4 Å². The molecule has 162 valence electrons. The van der Waals surface area contributed by atoms with Gasteiger partial charge in [-0.05, 0) is 62.8 Å². The number of hydrogen-bond acceptors (Lipinski definition) is 4. The Morgan fingerprint density at radius 1 is 1.23 bits per heavy atom. The molecule has 2 aliphatic heterocycles. The molecule has 1 fully saturated rings. The lowest BCUT2D eigenvalue weighted by molar-refractivity contribution is -0.137. The van der Waals surface area contributed by atoms with Gasteiger partial charge >= 0.3 is 6.18 Å². The topological polar surface area (TPSA) is 60.2 Å². The first-order valence-electron chi connectivity index (χ1n) is 10.4. The number of rotatable bonds is 2. The molecule has 1 amide bonds. The Labute approximate surface area is 179 Å². The van der Waals surface area contributed by atoms with E-state index in [4.69, 9.17) is 0 Å². The summed E-state index contributed by atoms with van der Waals surface area (Å²) in [6, 6.07) is 7.79. The highest BCUT2D eigenvalue weighted by Crippen LogP contribution is 2.38. The fraction of sp³-hybridized carbons (Fsp3) is 0.435. The number of amides is 1. The normalized spacial score (nSPS) is 18.6. The van der Waals surface area contributed by atoms with E-state index in [-0.39, 0.29) is 17.4 Å². The average Bonchev–Trinajstić information content (AvgIpc) is 3.21. The number of alkyl halides is 3. The highest BCUT2D eigenvalue weighted by molar-refractivity contribution is 6.00. The van der Waals surface area contributed by atoms with Crippen molar-refractivity contribution in [2.75, 3.05) is 22.9 Å². The predicted octanol–water partition coefficient (Wildman–Crippen LogP) is 4.54. The molecular weight excluding hydrogens is 405 g/mol. The van der Waals surface area contributed by atoms with Crippen molar-refractivity contribution in [2.45, 2.75) is 51.7 Å². The molecule has 5 nitrogen and oxygen atoms in total. The Hall–Kier alpha value is -3.08. The van der Waals surface area contributed by atoms with Gasteiger partial charge in [0.15, 0.2) is 0 Å². The number of pyridine rings is 1. The van der Waals surface area contributed by atoms with Crippen LogP contribution in [0.5, 0.6) is 0 Å². The average molecular weight is 428 g/mol. The number of hydrogen-bond donors (Lipinski definition) is 0. The van der Waals surface area contributed by atoms with Crippen LogP contribution in [0, 0.1) is 25.2 Å². The summed E-state index contributed by atoms with van der Waals surface area (Å²) in [7, 11) is 0. The van der Waals surface area contributed by atoms with Gasteiger partial charge in [-0.1, -0.05) is 12.1 Å². The molecular formula is C23H23F3N4O. The zero-order valence-electron chi connectivity index (χ0n) is 17.5. The fourth-order valence-corrected chi connectivity index (χ4v) is 4.68. The van der Waals surface area contributed by atoms with Crippen LogP contribution in [0.2, 0.25) is 0 Å². The van der Waals surface area contributed by atoms with Gasteiger partial charge in [-0.3, -0.25) is 4.79 Å². The van der Waals surface area contributed by atoms with E-state index in [9.17, 15) is 23.2 Å². The first-order chi connectivity index (χ1) is 14.7. The number of fused-ring (bicyclic) bond motifs is 1. The lowest BCUT2D eigenvalue weighted by atomic mass is 9.96. The third kappa shape index (κ3) is 3.73. The van der Waals surface area contributed by atoms with Gasteiger partial charge in [0.2, 0.25) is 5.91 Å². The van der Waals surface area contributed by atoms with Crippen molar-refractivity contribution in [3.63, 3.8) is 0 Å². The molecule has 8 heteroatoms. The minimum atomic E-state index is -4.67. The van der Waals surface area contributed by atoms with E-state index >= 15 is 0 Å². The van der Waals surface area contributed by atoms with Crippen LogP contribution in [0.25, 0.3) is 0 Å². The van der Waals surface area contributed by atoms with E-state index in [2.05, 4.69) is 4.98 Å². The van der Waals surface area contributed by atoms with Gasteiger partial charge in [-0.15, -0.1) is 0 Å². The van der Waals surface area contributed by atoms with Crippen molar-refractivity contribution in [3.8, 4) is 6.07 Å². The maximum atomic E-state index is 13.6. The quantitative estimate of drug-likeness (QED) is 0.705.